The number of carboxylic acids is 1. The molecule has 18 heavy (non-hydrogen) atoms. The van der Waals surface area contributed by atoms with Crippen LogP contribution in [0.1, 0.15) is 6.92 Å². The molecule has 0 fully saturated rings. The maximum atomic E-state index is 11.4. The Morgan fingerprint density at radius 1 is 1.39 bits per heavy atom. The number of carbonyl (C=O) groups is 2. The second-order valence-corrected chi connectivity index (χ2v) is 3.60. The molecule has 0 bridgehead atoms. The Kier molecular flexibility index (Phi) is 4.98. The molecule has 0 saturated carbocycles. The number of hydrogen-bond acceptors (Lipinski definition) is 4. The predicted molar refractivity (Wildman–Crippen MR) is 63.7 cm³/mol. The Morgan fingerprint density at radius 3 is 2.67 bits per heavy atom. The molecule has 6 heteroatoms. The van der Waals surface area contributed by atoms with E-state index >= 15 is 0 Å². The maximum absolute atomic E-state index is 11.4. The first-order chi connectivity index (χ1) is 8.52. The van der Waals surface area contributed by atoms with Crippen molar-refractivity contribution in [3.05, 3.63) is 24.3 Å². The van der Waals surface area contributed by atoms with Crippen molar-refractivity contribution < 1.29 is 24.2 Å². The molecule has 6 nitrogen and oxygen atoms in total. The second-order valence-electron chi connectivity index (χ2n) is 3.60. The van der Waals surface area contributed by atoms with Crippen LogP contribution in [-0.2, 0) is 9.59 Å². The van der Waals surface area contributed by atoms with Crippen LogP contribution in [-0.4, -0.2) is 36.7 Å². The van der Waals surface area contributed by atoms with E-state index in [1.165, 1.54) is 14.0 Å². The number of aliphatic carboxylic acids is 1. The molecule has 0 aliphatic heterocycles. The summed E-state index contributed by atoms with van der Waals surface area (Å²) in [6, 6.07) is 5.85. The molecule has 0 saturated heterocycles. The number of benzene rings is 1. The Labute approximate surface area is 105 Å². The molecule has 1 aromatic carbocycles. The summed E-state index contributed by atoms with van der Waals surface area (Å²) in [5, 5.41) is 10.9. The van der Waals surface area contributed by atoms with Gasteiger partial charge in [-0.2, -0.15) is 0 Å². The largest absolute Gasteiger partial charge is 0.497 e. The van der Waals surface area contributed by atoms with Crippen molar-refractivity contribution in [2.75, 3.05) is 13.7 Å². The average molecular weight is 253 g/mol. The van der Waals surface area contributed by atoms with Gasteiger partial charge in [-0.15, -0.1) is 0 Å². The van der Waals surface area contributed by atoms with Crippen LogP contribution in [0.5, 0.6) is 11.5 Å². The fourth-order valence-electron chi connectivity index (χ4n) is 1.18. The highest BCUT2D eigenvalue weighted by molar-refractivity contribution is 5.84. The lowest BCUT2D eigenvalue weighted by Gasteiger charge is -2.10. The van der Waals surface area contributed by atoms with E-state index in [2.05, 4.69) is 5.32 Å². The Hall–Kier alpha value is -2.24. The van der Waals surface area contributed by atoms with E-state index < -0.39 is 17.9 Å². The zero-order valence-corrected chi connectivity index (χ0v) is 10.2. The van der Waals surface area contributed by atoms with Gasteiger partial charge in [-0.05, 0) is 19.1 Å². The third-order valence-corrected chi connectivity index (χ3v) is 2.16. The number of carboxylic acid groups (broad SMARTS) is 1. The zero-order chi connectivity index (χ0) is 13.5. The fraction of sp³-hybridized carbons (Fsp3) is 0.333. The van der Waals surface area contributed by atoms with E-state index in [0.717, 1.165) is 0 Å². The maximum Gasteiger partial charge on any atom is 0.325 e. The average Bonchev–Trinajstić information content (AvgIpc) is 2.36. The van der Waals surface area contributed by atoms with Gasteiger partial charge >= 0.3 is 5.97 Å². The topological polar surface area (TPSA) is 84.9 Å². The summed E-state index contributed by atoms with van der Waals surface area (Å²) in [5.74, 6) is -0.489. The lowest BCUT2D eigenvalue weighted by molar-refractivity contribution is -0.141. The van der Waals surface area contributed by atoms with Crippen LogP contribution in [0.3, 0.4) is 0 Å². The van der Waals surface area contributed by atoms with E-state index in [0.29, 0.717) is 11.5 Å². The van der Waals surface area contributed by atoms with Crippen LogP contribution in [0.2, 0.25) is 0 Å². The molecular formula is C12H15NO5. The van der Waals surface area contributed by atoms with Crippen LogP contribution >= 0.6 is 0 Å². The quantitative estimate of drug-likeness (QED) is 0.778. The summed E-state index contributed by atoms with van der Waals surface area (Å²) in [6.07, 6.45) is 0. The number of nitrogens with one attached hydrogen (secondary N) is 1. The number of amides is 1. The minimum Gasteiger partial charge on any atom is -0.497 e. The summed E-state index contributed by atoms with van der Waals surface area (Å²) in [7, 11) is 1.53. The van der Waals surface area contributed by atoms with E-state index in [-0.39, 0.29) is 6.61 Å². The normalized spacial score (nSPS) is 11.4. The first-order valence-corrected chi connectivity index (χ1v) is 5.32. The van der Waals surface area contributed by atoms with Gasteiger partial charge in [-0.25, -0.2) is 0 Å². The molecule has 0 aliphatic rings. The molecule has 0 heterocycles. The molecule has 1 aromatic rings. The number of hydrogen-bond donors (Lipinski definition) is 2. The number of rotatable bonds is 6. The van der Waals surface area contributed by atoms with Crippen molar-refractivity contribution in [2.45, 2.75) is 13.0 Å². The number of ether oxygens (including phenoxy) is 2. The van der Waals surface area contributed by atoms with Crippen LogP contribution in [0, 0.1) is 0 Å². The van der Waals surface area contributed by atoms with Crippen LogP contribution in [0.25, 0.3) is 0 Å². The van der Waals surface area contributed by atoms with Gasteiger partial charge in [-0.1, -0.05) is 6.07 Å². The lowest BCUT2D eigenvalue weighted by atomic mass is 10.3. The van der Waals surface area contributed by atoms with Crippen molar-refractivity contribution >= 4 is 11.9 Å². The number of carbonyl (C=O) groups excluding carboxylic acids is 1. The molecule has 0 aliphatic carbocycles. The lowest BCUT2D eigenvalue weighted by Crippen LogP contribution is -2.40. The summed E-state index contributed by atoms with van der Waals surface area (Å²) >= 11 is 0. The molecule has 1 atom stereocenters. The molecule has 98 valence electrons. The zero-order valence-electron chi connectivity index (χ0n) is 10.2. The Morgan fingerprint density at radius 2 is 2.06 bits per heavy atom. The van der Waals surface area contributed by atoms with E-state index in [1.54, 1.807) is 24.3 Å². The van der Waals surface area contributed by atoms with Crippen LogP contribution < -0.4 is 14.8 Å². The van der Waals surface area contributed by atoms with Gasteiger partial charge in [0.15, 0.2) is 6.61 Å². The van der Waals surface area contributed by atoms with Gasteiger partial charge in [-0.3, -0.25) is 9.59 Å². The molecule has 1 amide bonds. The Bertz CT molecular complexity index is 432. The van der Waals surface area contributed by atoms with Gasteiger partial charge in [0.25, 0.3) is 5.91 Å². The SMILES string of the molecule is COc1cccc(OCC(=O)NC(C)C(=O)O)c1. The highest BCUT2D eigenvalue weighted by atomic mass is 16.5. The van der Waals surface area contributed by atoms with Crippen molar-refractivity contribution in [2.24, 2.45) is 0 Å². The van der Waals surface area contributed by atoms with Gasteiger partial charge in [0.1, 0.15) is 17.5 Å². The molecular weight excluding hydrogens is 238 g/mol. The minimum atomic E-state index is -1.09. The first kappa shape index (κ1) is 13.8. The van der Waals surface area contributed by atoms with Gasteiger partial charge < -0.3 is 19.9 Å². The second kappa shape index (κ2) is 6.48. The third-order valence-electron chi connectivity index (χ3n) is 2.16. The van der Waals surface area contributed by atoms with Gasteiger partial charge in [0.2, 0.25) is 0 Å². The molecule has 1 unspecified atom stereocenters. The van der Waals surface area contributed by atoms with Crippen LogP contribution in [0.4, 0.5) is 0 Å². The van der Waals surface area contributed by atoms with Crippen molar-refractivity contribution in [1.29, 1.82) is 0 Å². The van der Waals surface area contributed by atoms with Gasteiger partial charge in [0, 0.05) is 6.07 Å². The fourth-order valence-corrected chi connectivity index (χ4v) is 1.18. The standard InChI is InChI=1S/C12H15NO5/c1-8(12(15)16)13-11(14)7-18-10-5-3-4-9(6-10)17-2/h3-6,8H,7H2,1-2H3,(H,13,14)(H,15,16). The molecule has 2 N–H and O–H groups in total. The van der Waals surface area contributed by atoms with Crippen molar-refractivity contribution in [1.82, 2.24) is 5.32 Å². The van der Waals surface area contributed by atoms with Gasteiger partial charge in [0.05, 0.1) is 7.11 Å². The summed E-state index contributed by atoms with van der Waals surface area (Å²) in [4.78, 5) is 21.9. The molecule has 1 rings (SSSR count). The molecule has 0 spiro atoms. The van der Waals surface area contributed by atoms with E-state index in [4.69, 9.17) is 14.6 Å². The van der Waals surface area contributed by atoms with Crippen molar-refractivity contribution in [3.63, 3.8) is 0 Å². The van der Waals surface area contributed by atoms with E-state index in [1.807, 2.05) is 0 Å². The monoisotopic (exact) mass is 253 g/mol. The van der Waals surface area contributed by atoms with Crippen LogP contribution in [0.15, 0.2) is 24.3 Å². The van der Waals surface area contributed by atoms with Crippen molar-refractivity contribution in [3.8, 4) is 11.5 Å². The third kappa shape index (κ3) is 4.32. The predicted octanol–water partition coefficient (Wildman–Crippen LogP) is 0.663. The summed E-state index contributed by atoms with van der Waals surface area (Å²) in [6.45, 7) is 1.14. The highest BCUT2D eigenvalue weighted by Crippen LogP contribution is 2.18. The molecule has 0 radical (unpaired) electrons. The molecule has 0 aromatic heterocycles. The summed E-state index contributed by atoms with van der Waals surface area (Å²) < 4.78 is 10.2. The number of methoxy groups -OCH3 is 1. The smallest absolute Gasteiger partial charge is 0.325 e. The highest BCUT2D eigenvalue weighted by Gasteiger charge is 2.14. The summed E-state index contributed by atoms with van der Waals surface area (Å²) in [5.41, 5.74) is 0. The van der Waals surface area contributed by atoms with E-state index in [9.17, 15) is 9.59 Å². The first-order valence-electron chi connectivity index (χ1n) is 5.32. The minimum absolute atomic E-state index is 0.245. The Balaban J connectivity index is 2.44.